The molecule has 0 radical (unpaired) electrons. The third kappa shape index (κ3) is 10.1. The van der Waals surface area contributed by atoms with Gasteiger partial charge in [0.15, 0.2) is 16.6 Å². The van der Waals surface area contributed by atoms with Gasteiger partial charge in [0, 0.05) is 24.5 Å². The van der Waals surface area contributed by atoms with Crippen LogP contribution in [0.3, 0.4) is 0 Å². The molecule has 0 saturated heterocycles. The zero-order valence-electron chi connectivity index (χ0n) is 26.4. The summed E-state index contributed by atoms with van der Waals surface area (Å²) in [6, 6.07) is 7.97. The first kappa shape index (κ1) is 34.3. The highest BCUT2D eigenvalue weighted by Gasteiger charge is 2.44. The molecule has 1 aromatic rings. The number of rotatable bonds is 14. The minimum absolute atomic E-state index is 0.0182. The molecule has 5 atom stereocenters. The van der Waals surface area contributed by atoms with Crippen LogP contribution in [0.4, 0.5) is 0 Å². The van der Waals surface area contributed by atoms with Crippen LogP contribution in [0.5, 0.6) is 5.75 Å². The normalized spacial score (nSPS) is 17.7. The van der Waals surface area contributed by atoms with Crippen molar-refractivity contribution in [2.45, 2.75) is 130 Å². The minimum Gasteiger partial charge on any atom is -0.497 e. The predicted octanol–water partition coefficient (Wildman–Crippen LogP) is 8.04. The maximum atomic E-state index is 10.1. The lowest BCUT2D eigenvalue weighted by molar-refractivity contribution is -0.0774. The Hall–Kier alpha value is -0.706. The summed E-state index contributed by atoms with van der Waals surface area (Å²) in [6.07, 6.45) is 0.697. The Morgan fingerprint density at radius 2 is 1.30 bits per heavy atom. The van der Waals surface area contributed by atoms with E-state index in [1.54, 1.807) is 7.11 Å². The Morgan fingerprint density at radius 1 is 0.811 bits per heavy atom. The standard InChI is InChI=1S/C30H58O5Si2/c1-22(20-31)28(33-21-25-15-17-26(32-10)18-16-25)24(3)27(35-37(13,14)30(7,8)9)19-23(2)34-36(11,12)29(4,5)6/h15-18,22-24,27-28,31H,19-21H2,1-14H3/t22-,23+,24-,27-,28-/m0/s1. The lowest BCUT2D eigenvalue weighted by Gasteiger charge is -2.45. The van der Waals surface area contributed by atoms with E-state index in [-0.39, 0.29) is 46.8 Å². The molecule has 1 N–H and O–H groups in total. The topological polar surface area (TPSA) is 57.2 Å². The number of methoxy groups -OCH3 is 1. The third-order valence-electron chi connectivity index (χ3n) is 8.67. The summed E-state index contributed by atoms with van der Waals surface area (Å²) in [4.78, 5) is 0. The smallest absolute Gasteiger partial charge is 0.192 e. The summed E-state index contributed by atoms with van der Waals surface area (Å²) in [7, 11) is -2.30. The Morgan fingerprint density at radius 3 is 1.73 bits per heavy atom. The predicted molar refractivity (Wildman–Crippen MR) is 161 cm³/mol. The number of hydrogen-bond donors (Lipinski definition) is 1. The highest BCUT2D eigenvalue weighted by atomic mass is 28.4. The van der Waals surface area contributed by atoms with Crippen molar-refractivity contribution < 1.29 is 23.4 Å². The van der Waals surface area contributed by atoms with Crippen molar-refractivity contribution >= 4 is 16.6 Å². The SMILES string of the molecule is COc1ccc(CO[C@H]([C@@H](C)[C@H](C[C@@H](C)O[Si](C)(C)C(C)(C)C)O[Si](C)(C)C(C)(C)C)[C@@H](C)CO)cc1. The molecule has 0 aliphatic carbocycles. The summed E-state index contributed by atoms with van der Waals surface area (Å²) in [5.41, 5.74) is 1.08. The van der Waals surface area contributed by atoms with Gasteiger partial charge in [-0.05, 0) is 67.3 Å². The Labute approximate surface area is 230 Å². The summed E-state index contributed by atoms with van der Waals surface area (Å²) < 4.78 is 25.7. The molecule has 0 heterocycles. The third-order valence-corrected chi connectivity index (χ3v) is 17.8. The van der Waals surface area contributed by atoms with E-state index in [4.69, 9.17) is 18.3 Å². The van der Waals surface area contributed by atoms with Crippen LogP contribution in [0.2, 0.25) is 36.3 Å². The zero-order chi connectivity index (χ0) is 28.8. The molecule has 0 bridgehead atoms. The van der Waals surface area contributed by atoms with E-state index in [0.29, 0.717) is 6.61 Å². The summed E-state index contributed by atoms with van der Waals surface area (Å²) in [5, 5.41) is 10.4. The largest absolute Gasteiger partial charge is 0.497 e. The van der Waals surface area contributed by atoms with Crippen molar-refractivity contribution in [2.75, 3.05) is 13.7 Å². The molecule has 0 aliphatic heterocycles. The molecule has 0 saturated carbocycles. The fourth-order valence-corrected chi connectivity index (χ4v) is 6.92. The average molecular weight is 555 g/mol. The monoisotopic (exact) mass is 554 g/mol. The van der Waals surface area contributed by atoms with Crippen LogP contribution in [0.15, 0.2) is 24.3 Å². The van der Waals surface area contributed by atoms with Gasteiger partial charge in [0.05, 0.1) is 25.9 Å². The van der Waals surface area contributed by atoms with Crippen molar-refractivity contribution in [3.8, 4) is 5.75 Å². The van der Waals surface area contributed by atoms with Crippen molar-refractivity contribution in [1.82, 2.24) is 0 Å². The first-order valence-corrected chi connectivity index (χ1v) is 19.8. The second-order valence-electron chi connectivity index (χ2n) is 14.0. The maximum absolute atomic E-state index is 10.1. The van der Waals surface area contributed by atoms with Gasteiger partial charge < -0.3 is 23.4 Å². The van der Waals surface area contributed by atoms with Crippen molar-refractivity contribution in [1.29, 1.82) is 0 Å². The van der Waals surface area contributed by atoms with E-state index in [9.17, 15) is 5.11 Å². The van der Waals surface area contributed by atoms with Gasteiger partial charge in [-0.15, -0.1) is 0 Å². The van der Waals surface area contributed by atoms with E-state index >= 15 is 0 Å². The van der Waals surface area contributed by atoms with Gasteiger partial charge in [-0.2, -0.15) is 0 Å². The molecule has 0 unspecified atom stereocenters. The number of benzene rings is 1. The number of aliphatic hydroxyl groups excluding tert-OH is 1. The van der Waals surface area contributed by atoms with Crippen LogP contribution in [-0.4, -0.2) is 53.8 Å². The van der Waals surface area contributed by atoms with Gasteiger partial charge in [0.25, 0.3) is 0 Å². The molecule has 0 fully saturated rings. The second-order valence-corrected chi connectivity index (χ2v) is 23.5. The highest BCUT2D eigenvalue weighted by Crippen LogP contribution is 2.41. The second kappa shape index (κ2) is 13.6. The van der Waals surface area contributed by atoms with Gasteiger partial charge >= 0.3 is 0 Å². The van der Waals surface area contributed by atoms with Crippen LogP contribution < -0.4 is 4.74 Å². The van der Waals surface area contributed by atoms with E-state index in [0.717, 1.165) is 17.7 Å². The molecule has 37 heavy (non-hydrogen) atoms. The number of hydrogen-bond acceptors (Lipinski definition) is 5. The number of aliphatic hydroxyl groups is 1. The molecule has 0 amide bonds. The molecule has 1 rings (SSSR count). The lowest BCUT2D eigenvalue weighted by atomic mass is 9.87. The molecule has 216 valence electrons. The first-order valence-electron chi connectivity index (χ1n) is 14.0. The molecular formula is C30H58O5Si2. The first-order chi connectivity index (χ1) is 16.8. The fraction of sp³-hybridized carbons (Fsp3) is 0.800. The zero-order valence-corrected chi connectivity index (χ0v) is 28.4. The summed E-state index contributed by atoms with van der Waals surface area (Å²) in [5.74, 6) is 0.895. The van der Waals surface area contributed by atoms with Crippen LogP contribution in [0, 0.1) is 11.8 Å². The number of ether oxygens (including phenoxy) is 2. The maximum Gasteiger partial charge on any atom is 0.192 e. The quantitative estimate of drug-likeness (QED) is 0.236. The molecular weight excluding hydrogens is 496 g/mol. The summed E-state index contributed by atoms with van der Waals surface area (Å²) in [6.45, 7) is 30.0. The van der Waals surface area contributed by atoms with Crippen molar-refractivity contribution in [2.24, 2.45) is 11.8 Å². The average Bonchev–Trinajstić information content (AvgIpc) is 2.76. The summed E-state index contributed by atoms with van der Waals surface area (Å²) >= 11 is 0. The Balaban J connectivity index is 3.22. The fourth-order valence-electron chi connectivity index (χ4n) is 4.04. The van der Waals surface area contributed by atoms with Crippen LogP contribution in [0.1, 0.15) is 74.3 Å². The molecule has 0 aliphatic rings. The molecule has 7 heteroatoms. The van der Waals surface area contributed by atoms with E-state index < -0.39 is 16.6 Å². The van der Waals surface area contributed by atoms with E-state index in [1.165, 1.54) is 0 Å². The van der Waals surface area contributed by atoms with Gasteiger partial charge in [-0.3, -0.25) is 0 Å². The highest BCUT2D eigenvalue weighted by molar-refractivity contribution is 6.74. The minimum atomic E-state index is -2.06. The van der Waals surface area contributed by atoms with Gasteiger partial charge in [0.2, 0.25) is 0 Å². The van der Waals surface area contributed by atoms with Crippen molar-refractivity contribution in [3.63, 3.8) is 0 Å². The van der Waals surface area contributed by atoms with Gasteiger partial charge in [-0.1, -0.05) is 67.5 Å². The van der Waals surface area contributed by atoms with Crippen molar-refractivity contribution in [3.05, 3.63) is 29.8 Å². The van der Waals surface area contributed by atoms with Gasteiger partial charge in [-0.25, -0.2) is 0 Å². The Bertz CT molecular complexity index is 796. The molecule has 0 aromatic heterocycles. The lowest BCUT2D eigenvalue weighted by Crippen LogP contribution is -2.50. The Kier molecular flexibility index (Phi) is 12.6. The molecule has 0 spiro atoms. The van der Waals surface area contributed by atoms with Crippen LogP contribution >= 0.6 is 0 Å². The molecule has 5 nitrogen and oxygen atoms in total. The van der Waals surface area contributed by atoms with E-state index in [1.807, 2.05) is 24.3 Å². The van der Waals surface area contributed by atoms with E-state index in [2.05, 4.69) is 88.5 Å². The van der Waals surface area contributed by atoms with Crippen LogP contribution in [-0.2, 0) is 20.2 Å². The molecule has 1 aromatic carbocycles. The van der Waals surface area contributed by atoms with Gasteiger partial charge in [0.1, 0.15) is 5.75 Å². The van der Waals surface area contributed by atoms with Crippen LogP contribution in [0.25, 0.3) is 0 Å².